The van der Waals surface area contributed by atoms with E-state index in [9.17, 15) is 18.6 Å². The minimum atomic E-state index is -1.74. The normalized spacial score (nSPS) is 15.6. The Kier molecular flexibility index (Phi) is 9.81. The summed E-state index contributed by atoms with van der Waals surface area (Å²) >= 11 is 0. The highest BCUT2D eigenvalue weighted by molar-refractivity contribution is 7.86. The summed E-state index contributed by atoms with van der Waals surface area (Å²) in [5.41, 5.74) is 4.16. The zero-order valence-corrected chi connectivity index (χ0v) is 22.5. The van der Waals surface area contributed by atoms with Crippen molar-refractivity contribution in [3.8, 4) is 0 Å². The Bertz CT molecular complexity index is 1110. The zero-order chi connectivity index (χ0) is 26.2. The summed E-state index contributed by atoms with van der Waals surface area (Å²) < 4.78 is 12.8. The minimum absolute atomic E-state index is 0.115. The Labute approximate surface area is 216 Å². The second-order valence-corrected chi connectivity index (χ2v) is 11.1. The van der Waals surface area contributed by atoms with Crippen LogP contribution in [0.4, 0.5) is 11.4 Å². The van der Waals surface area contributed by atoms with E-state index in [1.54, 1.807) is 25.1 Å². The first kappa shape index (κ1) is 27.6. The predicted octanol–water partition coefficient (Wildman–Crippen LogP) is 4.17. The van der Waals surface area contributed by atoms with E-state index >= 15 is 0 Å². The number of aryl methyl sites for hydroxylation is 2. The average Bonchev–Trinajstić information content (AvgIpc) is 2.83. The van der Waals surface area contributed by atoms with Crippen molar-refractivity contribution in [2.24, 2.45) is 0 Å². The number of hydrogen-bond acceptors (Lipinski definition) is 4. The first-order valence-electron chi connectivity index (χ1n) is 12.6. The Morgan fingerprint density at radius 2 is 1.64 bits per heavy atom. The third-order valence-corrected chi connectivity index (χ3v) is 7.89. The van der Waals surface area contributed by atoms with Crippen LogP contribution in [0.2, 0.25) is 0 Å². The lowest BCUT2D eigenvalue weighted by Crippen LogP contribution is -2.52. The number of rotatable bonds is 9. The maximum atomic E-state index is 13.5. The molecule has 0 aromatic heterocycles. The van der Waals surface area contributed by atoms with Crippen molar-refractivity contribution in [1.82, 2.24) is 5.32 Å². The molecule has 1 aliphatic carbocycles. The van der Waals surface area contributed by atoms with Crippen LogP contribution in [-0.2, 0) is 25.2 Å². The van der Waals surface area contributed by atoms with Crippen molar-refractivity contribution in [2.75, 3.05) is 21.7 Å². The van der Waals surface area contributed by atoms with Crippen molar-refractivity contribution in [1.29, 1.82) is 0 Å². The van der Waals surface area contributed by atoms with Crippen molar-refractivity contribution in [3.63, 3.8) is 0 Å². The van der Waals surface area contributed by atoms with Gasteiger partial charge in [0.15, 0.2) is 0 Å². The van der Waals surface area contributed by atoms with Gasteiger partial charge < -0.3 is 10.6 Å². The molecule has 8 heteroatoms. The minimum Gasteiger partial charge on any atom is -0.352 e. The molecule has 2 aromatic carbocycles. The third kappa shape index (κ3) is 7.50. The van der Waals surface area contributed by atoms with Gasteiger partial charge in [0.05, 0.1) is 0 Å². The maximum absolute atomic E-state index is 13.5. The smallest absolute Gasteiger partial charge is 0.243 e. The van der Waals surface area contributed by atoms with Gasteiger partial charge in [-0.25, -0.2) is 0 Å². The first-order valence-corrected chi connectivity index (χ1v) is 14.0. The van der Waals surface area contributed by atoms with Gasteiger partial charge in [0.2, 0.25) is 17.7 Å². The fourth-order valence-electron chi connectivity index (χ4n) is 4.48. The van der Waals surface area contributed by atoms with Crippen molar-refractivity contribution in [2.45, 2.75) is 71.9 Å². The van der Waals surface area contributed by atoms with Crippen LogP contribution in [0.25, 0.3) is 0 Å². The number of nitrogens with zero attached hydrogens (tertiary/aromatic N) is 1. The molecule has 0 unspecified atom stereocenters. The molecule has 2 aromatic rings. The fraction of sp³-hybridized carbons (Fsp3) is 0.464. The molecule has 1 saturated carbocycles. The van der Waals surface area contributed by atoms with Crippen LogP contribution in [0.15, 0.2) is 42.5 Å². The Balaban J connectivity index is 1.72. The molecule has 0 aliphatic heterocycles. The second kappa shape index (κ2) is 12.8. The summed E-state index contributed by atoms with van der Waals surface area (Å²) in [6.07, 6.45) is 5.23. The van der Waals surface area contributed by atoms with Crippen molar-refractivity contribution < 1.29 is 18.6 Å². The van der Waals surface area contributed by atoms with Gasteiger partial charge in [0.1, 0.15) is 17.5 Å². The first-order chi connectivity index (χ1) is 17.2. The van der Waals surface area contributed by atoms with E-state index < -0.39 is 28.7 Å². The highest BCUT2D eigenvalue weighted by Crippen LogP contribution is 2.26. The standard InChI is InChI=1S/C28H37N3O4S/c1-19-13-15-24(16-14-19)29-26(32)17-36(35)18-27(33)31(25-12-8-9-20(2)21(25)3)22(4)28(34)30-23-10-6-5-7-11-23/h8-9,12-16,22-23H,5-7,10-11,17-18H2,1-4H3,(H,29,32)(H,30,34)/t22-,36-/m0/s1. The number of amides is 3. The van der Waals surface area contributed by atoms with Gasteiger partial charge in [-0.2, -0.15) is 0 Å². The molecular formula is C28H37N3O4S. The van der Waals surface area contributed by atoms with Crippen LogP contribution in [0.1, 0.15) is 55.7 Å². The maximum Gasteiger partial charge on any atom is 0.243 e. The molecule has 2 N–H and O–H groups in total. The van der Waals surface area contributed by atoms with Crippen LogP contribution in [0.5, 0.6) is 0 Å². The van der Waals surface area contributed by atoms with E-state index in [0.29, 0.717) is 11.4 Å². The quantitative estimate of drug-likeness (QED) is 0.528. The van der Waals surface area contributed by atoms with Crippen LogP contribution in [0.3, 0.4) is 0 Å². The second-order valence-electron chi connectivity index (χ2n) is 9.64. The van der Waals surface area contributed by atoms with Crippen LogP contribution < -0.4 is 15.5 Å². The number of nitrogens with one attached hydrogen (secondary N) is 2. The molecule has 2 atom stereocenters. The number of benzene rings is 2. The molecule has 0 bridgehead atoms. The van der Waals surface area contributed by atoms with Gasteiger partial charge >= 0.3 is 0 Å². The molecule has 194 valence electrons. The van der Waals surface area contributed by atoms with Crippen LogP contribution >= 0.6 is 0 Å². The lowest BCUT2D eigenvalue weighted by molar-refractivity contribution is -0.126. The van der Waals surface area contributed by atoms with Gasteiger partial charge in [-0.05, 0) is 69.9 Å². The molecule has 1 aliphatic rings. The Morgan fingerprint density at radius 3 is 2.31 bits per heavy atom. The summed E-state index contributed by atoms with van der Waals surface area (Å²) in [7, 11) is -1.74. The van der Waals surface area contributed by atoms with E-state index in [1.807, 2.05) is 45.0 Å². The van der Waals surface area contributed by atoms with E-state index in [2.05, 4.69) is 10.6 Å². The summed E-state index contributed by atoms with van der Waals surface area (Å²) in [6, 6.07) is 12.2. The Hall–Kier alpha value is -3.00. The monoisotopic (exact) mass is 511 g/mol. The summed E-state index contributed by atoms with van der Waals surface area (Å²) in [4.78, 5) is 40.5. The summed E-state index contributed by atoms with van der Waals surface area (Å²) in [6.45, 7) is 7.50. The van der Waals surface area contributed by atoms with Gasteiger partial charge in [0.25, 0.3) is 0 Å². The van der Waals surface area contributed by atoms with Crippen molar-refractivity contribution >= 4 is 39.9 Å². The lowest BCUT2D eigenvalue weighted by Gasteiger charge is -2.32. The zero-order valence-electron chi connectivity index (χ0n) is 21.6. The number of carbonyl (C=O) groups excluding carboxylic acids is 3. The third-order valence-electron chi connectivity index (χ3n) is 6.73. The average molecular weight is 512 g/mol. The van der Waals surface area contributed by atoms with E-state index in [-0.39, 0.29) is 23.5 Å². The molecule has 1 fully saturated rings. The molecule has 0 radical (unpaired) electrons. The Morgan fingerprint density at radius 1 is 0.972 bits per heavy atom. The number of carbonyl (C=O) groups is 3. The SMILES string of the molecule is Cc1ccc(NC(=O)C[S@](=O)CC(=O)N(c2cccc(C)c2C)[C@@H](C)C(=O)NC2CCCCC2)cc1. The van der Waals surface area contributed by atoms with Gasteiger partial charge in [-0.1, -0.05) is 49.1 Å². The summed E-state index contributed by atoms with van der Waals surface area (Å²) in [5.74, 6) is -1.75. The van der Waals surface area contributed by atoms with Gasteiger partial charge in [-0.3, -0.25) is 23.5 Å². The molecule has 36 heavy (non-hydrogen) atoms. The summed E-state index contributed by atoms with van der Waals surface area (Å²) in [5, 5.41) is 5.82. The van der Waals surface area contributed by atoms with Gasteiger partial charge in [-0.15, -0.1) is 0 Å². The van der Waals surface area contributed by atoms with E-state index in [4.69, 9.17) is 0 Å². The van der Waals surface area contributed by atoms with Crippen molar-refractivity contribution in [3.05, 3.63) is 59.2 Å². The molecule has 3 rings (SSSR count). The van der Waals surface area contributed by atoms with E-state index in [1.165, 1.54) is 11.3 Å². The van der Waals surface area contributed by atoms with Gasteiger partial charge in [0, 0.05) is 28.2 Å². The topological polar surface area (TPSA) is 95.6 Å². The lowest BCUT2D eigenvalue weighted by atomic mass is 9.95. The highest BCUT2D eigenvalue weighted by Gasteiger charge is 2.31. The number of hydrogen-bond donors (Lipinski definition) is 2. The molecule has 0 heterocycles. The molecule has 0 saturated heterocycles. The van der Waals surface area contributed by atoms with Crippen LogP contribution in [0, 0.1) is 20.8 Å². The van der Waals surface area contributed by atoms with E-state index in [0.717, 1.165) is 42.4 Å². The number of anilines is 2. The largest absolute Gasteiger partial charge is 0.352 e. The predicted molar refractivity (Wildman–Crippen MR) is 146 cm³/mol. The molecule has 7 nitrogen and oxygen atoms in total. The molecular weight excluding hydrogens is 474 g/mol. The highest BCUT2D eigenvalue weighted by atomic mass is 32.2. The molecule has 0 spiro atoms. The van der Waals surface area contributed by atoms with Crippen LogP contribution in [-0.4, -0.2) is 45.5 Å². The molecule has 3 amide bonds. The fourth-order valence-corrected chi connectivity index (χ4v) is 5.36.